The lowest BCUT2D eigenvalue weighted by atomic mass is 10.2. The van der Waals surface area contributed by atoms with Crippen LogP contribution in [0, 0.1) is 0 Å². The molecule has 0 radical (unpaired) electrons. The summed E-state index contributed by atoms with van der Waals surface area (Å²) in [6, 6.07) is 11.0. The van der Waals surface area contributed by atoms with Gasteiger partial charge in [0.1, 0.15) is 5.75 Å². The van der Waals surface area contributed by atoms with E-state index >= 15 is 0 Å². The number of ether oxygens (including phenoxy) is 1. The molecule has 106 valence electrons. The molecule has 0 amide bonds. The third kappa shape index (κ3) is 3.95. The largest absolute Gasteiger partial charge is 0.492 e. The topological polar surface area (TPSA) is 21.3 Å². The number of benzene rings is 2. The summed E-state index contributed by atoms with van der Waals surface area (Å²) in [6.07, 6.45) is 0. The Morgan fingerprint density at radius 1 is 1.00 bits per heavy atom. The number of hydrogen-bond acceptors (Lipinski definition) is 2. The highest BCUT2D eigenvalue weighted by atomic mass is 35.5. The van der Waals surface area contributed by atoms with Crippen LogP contribution >= 0.6 is 34.8 Å². The molecular formula is C15H14Cl3NO. The summed E-state index contributed by atoms with van der Waals surface area (Å²) in [7, 11) is 0. The zero-order valence-electron chi connectivity index (χ0n) is 10.9. The molecule has 0 heterocycles. The molecule has 0 fully saturated rings. The summed E-state index contributed by atoms with van der Waals surface area (Å²) in [4.78, 5) is 0. The molecule has 2 rings (SSSR count). The maximum atomic E-state index is 6.13. The summed E-state index contributed by atoms with van der Waals surface area (Å²) in [5.41, 5.74) is 1.83. The van der Waals surface area contributed by atoms with Gasteiger partial charge in [-0.15, -0.1) is 0 Å². The second-order valence-corrected chi connectivity index (χ2v) is 5.42. The number of nitrogens with one attached hydrogen (secondary N) is 1. The standard InChI is InChI=1S/C15H14Cl3NO/c1-2-20-15-6-4-12(8-14(15)18)19-9-10-7-11(16)3-5-13(10)17/h3-8,19H,2,9H2,1H3. The molecule has 0 aromatic heterocycles. The van der Waals surface area contributed by atoms with E-state index in [4.69, 9.17) is 39.5 Å². The highest BCUT2D eigenvalue weighted by molar-refractivity contribution is 6.33. The summed E-state index contributed by atoms with van der Waals surface area (Å²) in [5, 5.41) is 5.18. The molecule has 2 aromatic rings. The molecular weight excluding hydrogens is 317 g/mol. The predicted octanol–water partition coefficient (Wildman–Crippen LogP) is 5.66. The second-order valence-electron chi connectivity index (χ2n) is 4.17. The van der Waals surface area contributed by atoms with Crippen molar-refractivity contribution in [2.24, 2.45) is 0 Å². The van der Waals surface area contributed by atoms with Gasteiger partial charge in [0.15, 0.2) is 0 Å². The van der Waals surface area contributed by atoms with Crippen LogP contribution in [0.25, 0.3) is 0 Å². The van der Waals surface area contributed by atoms with E-state index in [1.54, 1.807) is 12.1 Å². The van der Waals surface area contributed by atoms with Crippen LogP contribution in [-0.2, 0) is 6.54 Å². The quantitative estimate of drug-likeness (QED) is 0.764. The molecule has 0 saturated heterocycles. The molecule has 0 atom stereocenters. The van der Waals surface area contributed by atoms with Crippen molar-refractivity contribution < 1.29 is 4.74 Å². The van der Waals surface area contributed by atoms with E-state index in [9.17, 15) is 0 Å². The van der Waals surface area contributed by atoms with Crippen molar-refractivity contribution in [3.8, 4) is 5.75 Å². The van der Waals surface area contributed by atoms with E-state index in [2.05, 4.69) is 5.32 Å². The maximum absolute atomic E-state index is 6.13. The highest BCUT2D eigenvalue weighted by Crippen LogP contribution is 2.28. The van der Waals surface area contributed by atoms with Crippen LogP contribution in [0.3, 0.4) is 0 Å². The van der Waals surface area contributed by atoms with Crippen LogP contribution in [0.15, 0.2) is 36.4 Å². The van der Waals surface area contributed by atoms with Crippen molar-refractivity contribution in [2.45, 2.75) is 13.5 Å². The van der Waals surface area contributed by atoms with Gasteiger partial charge in [0, 0.05) is 22.3 Å². The van der Waals surface area contributed by atoms with E-state index in [1.165, 1.54) is 0 Å². The van der Waals surface area contributed by atoms with Gasteiger partial charge < -0.3 is 10.1 Å². The van der Waals surface area contributed by atoms with Crippen molar-refractivity contribution in [3.63, 3.8) is 0 Å². The molecule has 20 heavy (non-hydrogen) atoms. The molecule has 0 aliphatic rings. The fourth-order valence-electron chi connectivity index (χ4n) is 1.76. The molecule has 0 spiro atoms. The molecule has 0 aliphatic heterocycles. The Labute approximate surface area is 133 Å². The SMILES string of the molecule is CCOc1ccc(NCc2cc(Cl)ccc2Cl)cc1Cl. The van der Waals surface area contributed by atoms with Crippen LogP contribution in [-0.4, -0.2) is 6.61 Å². The van der Waals surface area contributed by atoms with Crippen molar-refractivity contribution in [1.82, 2.24) is 0 Å². The molecule has 0 unspecified atom stereocenters. The van der Waals surface area contributed by atoms with Crippen LogP contribution in [0.2, 0.25) is 15.1 Å². The lowest BCUT2D eigenvalue weighted by Crippen LogP contribution is -2.00. The summed E-state index contributed by atoms with van der Waals surface area (Å²) < 4.78 is 5.39. The van der Waals surface area contributed by atoms with Crippen LogP contribution in [0.1, 0.15) is 12.5 Å². The van der Waals surface area contributed by atoms with Crippen molar-refractivity contribution in [2.75, 3.05) is 11.9 Å². The van der Waals surface area contributed by atoms with Gasteiger partial charge in [-0.05, 0) is 48.9 Å². The van der Waals surface area contributed by atoms with Gasteiger partial charge in [-0.2, -0.15) is 0 Å². The van der Waals surface area contributed by atoms with Gasteiger partial charge in [-0.3, -0.25) is 0 Å². The van der Waals surface area contributed by atoms with Gasteiger partial charge in [0.25, 0.3) is 0 Å². The second kappa shape index (κ2) is 7.07. The minimum absolute atomic E-state index is 0.573. The first kappa shape index (κ1) is 15.3. The van der Waals surface area contributed by atoms with E-state index in [1.807, 2.05) is 31.2 Å². The predicted molar refractivity (Wildman–Crippen MR) is 86.4 cm³/mol. The van der Waals surface area contributed by atoms with Gasteiger partial charge in [0.2, 0.25) is 0 Å². The zero-order valence-corrected chi connectivity index (χ0v) is 13.2. The molecule has 2 nitrogen and oxygen atoms in total. The Bertz CT molecular complexity index is 602. The minimum atomic E-state index is 0.573. The molecule has 0 bridgehead atoms. The first-order valence-electron chi connectivity index (χ1n) is 6.20. The van der Waals surface area contributed by atoms with E-state index in [-0.39, 0.29) is 0 Å². The van der Waals surface area contributed by atoms with E-state index in [0.717, 1.165) is 11.3 Å². The van der Waals surface area contributed by atoms with Crippen LogP contribution < -0.4 is 10.1 Å². The molecule has 1 N–H and O–H groups in total. The van der Waals surface area contributed by atoms with Gasteiger partial charge >= 0.3 is 0 Å². The lowest BCUT2D eigenvalue weighted by molar-refractivity contribution is 0.340. The average molecular weight is 331 g/mol. The maximum Gasteiger partial charge on any atom is 0.138 e. The number of anilines is 1. The highest BCUT2D eigenvalue weighted by Gasteiger charge is 2.04. The van der Waals surface area contributed by atoms with Crippen LogP contribution in [0.4, 0.5) is 5.69 Å². The van der Waals surface area contributed by atoms with Crippen molar-refractivity contribution in [3.05, 3.63) is 57.0 Å². The Kier molecular flexibility index (Phi) is 5.41. The normalized spacial score (nSPS) is 10.4. The molecule has 5 heteroatoms. The van der Waals surface area contributed by atoms with Crippen molar-refractivity contribution in [1.29, 1.82) is 0 Å². The Hall–Kier alpha value is -1.09. The van der Waals surface area contributed by atoms with Crippen molar-refractivity contribution >= 4 is 40.5 Å². The van der Waals surface area contributed by atoms with Gasteiger partial charge in [-0.1, -0.05) is 34.8 Å². The molecule has 0 saturated carbocycles. The minimum Gasteiger partial charge on any atom is -0.492 e. The fraction of sp³-hybridized carbons (Fsp3) is 0.200. The zero-order chi connectivity index (χ0) is 14.5. The van der Waals surface area contributed by atoms with Crippen LogP contribution in [0.5, 0.6) is 5.75 Å². The third-order valence-electron chi connectivity index (χ3n) is 2.72. The van der Waals surface area contributed by atoms with Gasteiger partial charge in [0.05, 0.1) is 11.6 Å². The Morgan fingerprint density at radius 2 is 1.80 bits per heavy atom. The Balaban J connectivity index is 2.07. The van der Waals surface area contributed by atoms with E-state index in [0.29, 0.717) is 34.0 Å². The number of halogens is 3. The summed E-state index contributed by atoms with van der Waals surface area (Å²) >= 11 is 18.2. The third-order valence-corrected chi connectivity index (χ3v) is 3.62. The average Bonchev–Trinajstić information content (AvgIpc) is 2.43. The fourth-order valence-corrected chi connectivity index (χ4v) is 2.37. The monoisotopic (exact) mass is 329 g/mol. The molecule has 2 aromatic carbocycles. The number of rotatable bonds is 5. The smallest absolute Gasteiger partial charge is 0.138 e. The first-order valence-corrected chi connectivity index (χ1v) is 7.33. The number of hydrogen-bond donors (Lipinski definition) is 1. The van der Waals surface area contributed by atoms with Gasteiger partial charge in [-0.25, -0.2) is 0 Å². The Morgan fingerprint density at radius 3 is 2.50 bits per heavy atom. The van der Waals surface area contributed by atoms with E-state index < -0.39 is 0 Å². The lowest BCUT2D eigenvalue weighted by Gasteiger charge is -2.11. The first-order chi connectivity index (χ1) is 9.60. The molecule has 0 aliphatic carbocycles. The summed E-state index contributed by atoms with van der Waals surface area (Å²) in [5.74, 6) is 0.681. The summed E-state index contributed by atoms with van der Waals surface area (Å²) in [6.45, 7) is 3.08.